The molecule has 1 fully saturated rings. The molecule has 1 aliphatic rings. The van der Waals surface area contributed by atoms with E-state index in [2.05, 4.69) is 30.9 Å². The Kier molecular flexibility index (Phi) is 3.00. The molecule has 0 amide bonds. The highest BCUT2D eigenvalue weighted by atomic mass is 79.9. The van der Waals surface area contributed by atoms with E-state index in [1.54, 1.807) is 4.52 Å². The van der Waals surface area contributed by atoms with Gasteiger partial charge >= 0.3 is 0 Å². The Morgan fingerprint density at radius 3 is 2.83 bits per heavy atom. The van der Waals surface area contributed by atoms with E-state index in [1.807, 2.05) is 12.1 Å². The number of morpholine rings is 1. The Bertz CT molecular complexity index is 592. The smallest absolute Gasteiger partial charge is 0.171 e. The molecule has 94 valence electrons. The van der Waals surface area contributed by atoms with Gasteiger partial charge in [-0.15, -0.1) is 5.10 Å². The zero-order chi connectivity index (χ0) is 12.5. The summed E-state index contributed by atoms with van der Waals surface area (Å²) in [6.45, 7) is 3.07. The molecule has 18 heavy (non-hydrogen) atoms. The number of aldehydes is 1. The molecule has 0 aliphatic carbocycles. The van der Waals surface area contributed by atoms with Crippen LogP contribution in [0.25, 0.3) is 5.65 Å². The Morgan fingerprint density at radius 2 is 2.11 bits per heavy atom. The van der Waals surface area contributed by atoms with Crippen molar-refractivity contribution in [2.75, 3.05) is 31.2 Å². The SMILES string of the molecule is O=Cc1nc2ccc(N3CCOCC3)nn2c1Br. The van der Waals surface area contributed by atoms with E-state index in [0.717, 1.165) is 18.9 Å². The normalized spacial score (nSPS) is 16.2. The van der Waals surface area contributed by atoms with E-state index >= 15 is 0 Å². The van der Waals surface area contributed by atoms with Gasteiger partial charge in [-0.25, -0.2) is 9.50 Å². The van der Waals surface area contributed by atoms with Gasteiger partial charge in [-0.05, 0) is 28.1 Å². The molecule has 7 heteroatoms. The standard InChI is InChI=1S/C11H11BrN4O2/c12-11-8(7-17)13-9-1-2-10(14-16(9)11)15-3-5-18-6-4-15/h1-2,7H,3-6H2. The number of hydrogen-bond acceptors (Lipinski definition) is 5. The maximum atomic E-state index is 10.8. The molecule has 0 aromatic carbocycles. The lowest BCUT2D eigenvalue weighted by atomic mass is 10.4. The Morgan fingerprint density at radius 1 is 1.33 bits per heavy atom. The number of imidazole rings is 1. The van der Waals surface area contributed by atoms with Gasteiger partial charge in [-0.1, -0.05) is 0 Å². The summed E-state index contributed by atoms with van der Waals surface area (Å²) in [5.41, 5.74) is 1.02. The first-order chi connectivity index (χ1) is 8.79. The topological polar surface area (TPSA) is 59.7 Å². The largest absolute Gasteiger partial charge is 0.378 e. The van der Waals surface area contributed by atoms with Gasteiger partial charge < -0.3 is 9.64 Å². The van der Waals surface area contributed by atoms with Crippen LogP contribution in [0.3, 0.4) is 0 Å². The van der Waals surface area contributed by atoms with Crippen LogP contribution in [-0.4, -0.2) is 47.2 Å². The van der Waals surface area contributed by atoms with E-state index in [9.17, 15) is 4.79 Å². The van der Waals surface area contributed by atoms with Crippen LogP contribution in [0.4, 0.5) is 5.82 Å². The fourth-order valence-corrected chi connectivity index (χ4v) is 2.39. The van der Waals surface area contributed by atoms with Crippen LogP contribution in [-0.2, 0) is 4.74 Å². The number of fused-ring (bicyclic) bond motifs is 1. The summed E-state index contributed by atoms with van der Waals surface area (Å²) >= 11 is 3.33. The zero-order valence-electron chi connectivity index (χ0n) is 9.54. The van der Waals surface area contributed by atoms with Crippen molar-refractivity contribution >= 4 is 33.7 Å². The molecule has 2 aromatic rings. The highest BCUT2D eigenvalue weighted by molar-refractivity contribution is 9.10. The molecule has 2 aromatic heterocycles. The van der Waals surface area contributed by atoms with Gasteiger partial charge in [0.25, 0.3) is 0 Å². The second kappa shape index (κ2) is 4.66. The Labute approximate surface area is 112 Å². The third-order valence-corrected chi connectivity index (χ3v) is 3.62. The lowest BCUT2D eigenvalue weighted by Gasteiger charge is -2.27. The maximum Gasteiger partial charge on any atom is 0.171 e. The van der Waals surface area contributed by atoms with Gasteiger partial charge in [0.05, 0.1) is 13.2 Å². The molecule has 0 radical (unpaired) electrons. The molecule has 0 spiro atoms. The summed E-state index contributed by atoms with van der Waals surface area (Å²) in [6.07, 6.45) is 0.715. The molecule has 6 nitrogen and oxygen atoms in total. The van der Waals surface area contributed by atoms with Crippen molar-refractivity contribution < 1.29 is 9.53 Å². The number of nitrogens with zero attached hydrogens (tertiary/aromatic N) is 4. The van der Waals surface area contributed by atoms with Gasteiger partial charge in [-0.2, -0.15) is 0 Å². The maximum absolute atomic E-state index is 10.8. The molecule has 3 heterocycles. The second-order valence-corrected chi connectivity index (χ2v) is 4.72. The molecule has 0 unspecified atom stereocenters. The van der Waals surface area contributed by atoms with Gasteiger partial charge in [0, 0.05) is 13.1 Å². The summed E-state index contributed by atoms with van der Waals surface area (Å²) < 4.78 is 7.53. The third kappa shape index (κ3) is 1.89. The van der Waals surface area contributed by atoms with Crippen LogP contribution in [0.5, 0.6) is 0 Å². The van der Waals surface area contributed by atoms with Gasteiger partial charge in [-0.3, -0.25) is 4.79 Å². The van der Waals surface area contributed by atoms with Crippen molar-refractivity contribution in [1.29, 1.82) is 0 Å². The van der Waals surface area contributed by atoms with Crippen molar-refractivity contribution in [2.45, 2.75) is 0 Å². The highest BCUT2D eigenvalue weighted by Gasteiger charge is 2.15. The average Bonchev–Trinajstić information content (AvgIpc) is 2.76. The number of hydrogen-bond donors (Lipinski definition) is 0. The number of ether oxygens (including phenoxy) is 1. The minimum absolute atomic E-state index is 0.363. The fraction of sp³-hybridized carbons (Fsp3) is 0.364. The molecule has 1 aliphatic heterocycles. The van der Waals surface area contributed by atoms with Crippen molar-refractivity contribution in [2.24, 2.45) is 0 Å². The van der Waals surface area contributed by atoms with Crippen LogP contribution >= 0.6 is 15.9 Å². The molecular weight excluding hydrogens is 300 g/mol. The molecule has 0 saturated carbocycles. The summed E-state index contributed by atoms with van der Waals surface area (Å²) in [5, 5.41) is 4.49. The van der Waals surface area contributed by atoms with Crippen LogP contribution < -0.4 is 4.90 Å². The minimum Gasteiger partial charge on any atom is -0.378 e. The summed E-state index contributed by atoms with van der Waals surface area (Å²) in [6, 6.07) is 3.77. The highest BCUT2D eigenvalue weighted by Crippen LogP contribution is 2.19. The quantitative estimate of drug-likeness (QED) is 0.779. The Hall–Kier alpha value is -1.47. The molecule has 3 rings (SSSR count). The molecule has 0 bridgehead atoms. The third-order valence-electron chi connectivity index (χ3n) is 2.88. The van der Waals surface area contributed by atoms with Crippen LogP contribution in [0.2, 0.25) is 0 Å². The summed E-state index contributed by atoms with van der Waals surface area (Å²) in [4.78, 5) is 17.1. The molecule has 0 atom stereocenters. The lowest BCUT2D eigenvalue weighted by Crippen LogP contribution is -2.37. The predicted octanol–water partition coefficient (Wildman–Crippen LogP) is 1.14. The second-order valence-electron chi connectivity index (χ2n) is 3.97. The number of aromatic nitrogens is 3. The molecule has 1 saturated heterocycles. The first-order valence-corrected chi connectivity index (χ1v) is 6.42. The van der Waals surface area contributed by atoms with E-state index in [0.29, 0.717) is 35.4 Å². The van der Waals surface area contributed by atoms with Crippen molar-refractivity contribution in [3.8, 4) is 0 Å². The monoisotopic (exact) mass is 310 g/mol. The van der Waals surface area contributed by atoms with Crippen LogP contribution in [0.1, 0.15) is 10.5 Å². The van der Waals surface area contributed by atoms with Crippen molar-refractivity contribution in [3.63, 3.8) is 0 Å². The van der Waals surface area contributed by atoms with Gasteiger partial charge in [0.1, 0.15) is 16.1 Å². The van der Waals surface area contributed by atoms with E-state index < -0.39 is 0 Å². The lowest BCUT2D eigenvalue weighted by molar-refractivity contribution is 0.111. The van der Waals surface area contributed by atoms with Gasteiger partial charge in [0.2, 0.25) is 0 Å². The zero-order valence-corrected chi connectivity index (χ0v) is 11.1. The van der Waals surface area contributed by atoms with E-state index in [4.69, 9.17) is 4.74 Å². The number of anilines is 1. The van der Waals surface area contributed by atoms with Gasteiger partial charge in [0.15, 0.2) is 11.9 Å². The van der Waals surface area contributed by atoms with Crippen LogP contribution in [0.15, 0.2) is 16.7 Å². The first kappa shape index (κ1) is 11.6. The van der Waals surface area contributed by atoms with Crippen molar-refractivity contribution in [3.05, 3.63) is 22.4 Å². The van der Waals surface area contributed by atoms with Crippen molar-refractivity contribution in [1.82, 2.24) is 14.6 Å². The van der Waals surface area contributed by atoms with E-state index in [1.165, 1.54) is 0 Å². The number of carbonyl (C=O) groups is 1. The first-order valence-electron chi connectivity index (χ1n) is 5.63. The minimum atomic E-state index is 0.363. The molecular formula is C11H11BrN4O2. The average molecular weight is 311 g/mol. The van der Waals surface area contributed by atoms with Crippen LogP contribution in [0, 0.1) is 0 Å². The number of halogens is 1. The number of carbonyl (C=O) groups excluding carboxylic acids is 1. The summed E-state index contributed by atoms with van der Waals surface area (Å²) in [7, 11) is 0. The predicted molar refractivity (Wildman–Crippen MR) is 69.1 cm³/mol. The fourth-order valence-electron chi connectivity index (χ4n) is 1.95. The number of rotatable bonds is 2. The van der Waals surface area contributed by atoms with E-state index in [-0.39, 0.29) is 0 Å². The summed E-state index contributed by atoms with van der Waals surface area (Å²) in [5.74, 6) is 0.862. The molecule has 0 N–H and O–H groups in total. The Balaban J connectivity index is 2.04.